The summed E-state index contributed by atoms with van der Waals surface area (Å²) in [6, 6.07) is 0. The number of ether oxygens (including phenoxy) is 2. The average Bonchev–Trinajstić information content (AvgIpc) is 2.71. The molecule has 0 aromatic rings. The van der Waals surface area contributed by atoms with Crippen LogP contribution in [0.3, 0.4) is 0 Å². The molecule has 2 rings (SSSR count). The van der Waals surface area contributed by atoms with Crippen LogP contribution >= 0.6 is 0 Å². The highest BCUT2D eigenvalue weighted by atomic mass is 16.6. The van der Waals surface area contributed by atoms with Crippen molar-refractivity contribution in [3.05, 3.63) is 0 Å². The average molecular weight is 254 g/mol. The van der Waals surface area contributed by atoms with E-state index in [9.17, 15) is 9.59 Å². The highest BCUT2D eigenvalue weighted by Gasteiger charge is 2.47. The Balaban J connectivity index is 2.05. The molecule has 2 atom stereocenters. The van der Waals surface area contributed by atoms with Gasteiger partial charge in [-0.25, -0.2) is 0 Å². The third-order valence-electron chi connectivity index (χ3n) is 4.36. The summed E-state index contributed by atoms with van der Waals surface area (Å²) in [5, 5.41) is 0. The molecule has 0 aromatic carbocycles. The van der Waals surface area contributed by atoms with Gasteiger partial charge in [0.1, 0.15) is 12.2 Å². The van der Waals surface area contributed by atoms with E-state index in [0.717, 1.165) is 25.7 Å². The Kier molecular flexibility index (Phi) is 3.93. The van der Waals surface area contributed by atoms with E-state index in [-0.39, 0.29) is 29.6 Å². The maximum absolute atomic E-state index is 11.3. The second-order valence-electron chi connectivity index (χ2n) is 5.67. The molecule has 0 amide bonds. The molecule has 2 aliphatic carbocycles. The van der Waals surface area contributed by atoms with E-state index in [2.05, 4.69) is 0 Å². The van der Waals surface area contributed by atoms with Crippen LogP contribution in [0.15, 0.2) is 0 Å². The number of rotatable bonds is 2. The molecule has 4 heteroatoms. The van der Waals surface area contributed by atoms with E-state index in [1.54, 1.807) is 0 Å². The van der Waals surface area contributed by atoms with Crippen LogP contribution in [0, 0.1) is 5.41 Å². The molecule has 2 aliphatic rings. The van der Waals surface area contributed by atoms with E-state index in [4.69, 9.17) is 9.47 Å². The van der Waals surface area contributed by atoms with Crippen molar-refractivity contribution in [2.45, 2.75) is 71.0 Å². The lowest BCUT2D eigenvalue weighted by atomic mass is 9.69. The second kappa shape index (κ2) is 5.29. The molecular formula is C14H22O4. The Hall–Kier alpha value is -1.06. The van der Waals surface area contributed by atoms with Crippen LogP contribution in [0.4, 0.5) is 0 Å². The minimum atomic E-state index is -0.246. The molecule has 0 aromatic heterocycles. The number of carbonyl (C=O) groups is 2. The lowest BCUT2D eigenvalue weighted by molar-refractivity contribution is -0.167. The SMILES string of the molecule is CC(=O)OC1CCC2(CCCC2)C(OC(C)=O)C1. The standard InChI is InChI=1S/C14H22O4/c1-10(15)17-12-5-8-14(6-3-4-7-14)13(9-12)18-11(2)16/h12-13H,3-9H2,1-2H3. The Bertz CT molecular complexity index is 331. The topological polar surface area (TPSA) is 52.6 Å². The fourth-order valence-corrected chi connectivity index (χ4v) is 3.58. The lowest BCUT2D eigenvalue weighted by Gasteiger charge is -2.43. The lowest BCUT2D eigenvalue weighted by Crippen LogP contribution is -2.44. The fraction of sp³-hybridized carbons (Fsp3) is 0.857. The van der Waals surface area contributed by atoms with Crippen molar-refractivity contribution in [3.63, 3.8) is 0 Å². The minimum absolute atomic E-state index is 0.0735. The van der Waals surface area contributed by atoms with Crippen LogP contribution in [0.2, 0.25) is 0 Å². The van der Waals surface area contributed by atoms with Crippen LogP contribution < -0.4 is 0 Å². The summed E-state index contributed by atoms with van der Waals surface area (Å²) < 4.78 is 10.8. The number of hydrogen-bond acceptors (Lipinski definition) is 4. The normalized spacial score (nSPS) is 30.1. The van der Waals surface area contributed by atoms with Gasteiger partial charge in [0.25, 0.3) is 0 Å². The van der Waals surface area contributed by atoms with Gasteiger partial charge in [-0.05, 0) is 25.7 Å². The van der Waals surface area contributed by atoms with Gasteiger partial charge in [-0.2, -0.15) is 0 Å². The van der Waals surface area contributed by atoms with Crippen LogP contribution in [-0.4, -0.2) is 24.1 Å². The third kappa shape index (κ3) is 2.85. The first-order chi connectivity index (χ1) is 8.52. The van der Waals surface area contributed by atoms with E-state index >= 15 is 0 Å². The molecule has 0 radical (unpaired) electrons. The van der Waals surface area contributed by atoms with Crippen molar-refractivity contribution >= 4 is 11.9 Å². The van der Waals surface area contributed by atoms with E-state index in [0.29, 0.717) is 6.42 Å². The molecule has 4 nitrogen and oxygen atoms in total. The summed E-state index contributed by atoms with van der Waals surface area (Å²) in [6.45, 7) is 2.89. The first-order valence-corrected chi connectivity index (χ1v) is 6.86. The molecule has 2 unspecified atom stereocenters. The van der Waals surface area contributed by atoms with Gasteiger partial charge in [0.2, 0.25) is 0 Å². The zero-order valence-electron chi connectivity index (χ0n) is 11.2. The van der Waals surface area contributed by atoms with Crippen LogP contribution in [-0.2, 0) is 19.1 Å². The molecular weight excluding hydrogens is 232 g/mol. The predicted octanol–water partition coefficient (Wildman–Crippen LogP) is 2.59. The third-order valence-corrected chi connectivity index (χ3v) is 4.36. The molecule has 102 valence electrons. The van der Waals surface area contributed by atoms with Gasteiger partial charge in [0.05, 0.1) is 0 Å². The smallest absolute Gasteiger partial charge is 0.302 e. The van der Waals surface area contributed by atoms with Crippen molar-refractivity contribution in [1.82, 2.24) is 0 Å². The van der Waals surface area contributed by atoms with Gasteiger partial charge < -0.3 is 9.47 Å². The monoisotopic (exact) mass is 254 g/mol. The van der Waals surface area contributed by atoms with Gasteiger partial charge in [0.15, 0.2) is 0 Å². The van der Waals surface area contributed by atoms with Crippen molar-refractivity contribution in [2.75, 3.05) is 0 Å². The Morgan fingerprint density at radius 1 is 1.00 bits per heavy atom. The van der Waals surface area contributed by atoms with Gasteiger partial charge in [-0.3, -0.25) is 9.59 Å². The van der Waals surface area contributed by atoms with Gasteiger partial charge in [0, 0.05) is 25.7 Å². The molecule has 2 saturated carbocycles. The zero-order chi connectivity index (χ0) is 13.2. The maximum Gasteiger partial charge on any atom is 0.302 e. The molecule has 18 heavy (non-hydrogen) atoms. The van der Waals surface area contributed by atoms with Crippen molar-refractivity contribution in [3.8, 4) is 0 Å². The highest BCUT2D eigenvalue weighted by molar-refractivity contribution is 5.66. The molecule has 0 N–H and O–H groups in total. The minimum Gasteiger partial charge on any atom is -0.462 e. The summed E-state index contributed by atoms with van der Waals surface area (Å²) >= 11 is 0. The molecule has 0 bridgehead atoms. The summed E-state index contributed by atoms with van der Waals surface area (Å²) in [4.78, 5) is 22.3. The van der Waals surface area contributed by atoms with Crippen LogP contribution in [0.1, 0.15) is 58.8 Å². The summed E-state index contributed by atoms with van der Waals surface area (Å²) in [5.74, 6) is -0.473. The summed E-state index contributed by atoms with van der Waals surface area (Å²) in [5.41, 5.74) is 0.155. The molecule has 0 saturated heterocycles. The van der Waals surface area contributed by atoms with Gasteiger partial charge in [-0.1, -0.05) is 12.8 Å². The Morgan fingerprint density at radius 2 is 1.61 bits per heavy atom. The zero-order valence-corrected chi connectivity index (χ0v) is 11.2. The Morgan fingerprint density at radius 3 is 2.17 bits per heavy atom. The molecule has 1 spiro atoms. The van der Waals surface area contributed by atoms with E-state index < -0.39 is 0 Å². The first-order valence-electron chi connectivity index (χ1n) is 6.86. The van der Waals surface area contributed by atoms with Crippen molar-refractivity contribution in [2.24, 2.45) is 5.41 Å². The summed E-state index contributed by atoms with van der Waals surface area (Å²) in [6.07, 6.45) is 7.12. The van der Waals surface area contributed by atoms with Crippen LogP contribution in [0.5, 0.6) is 0 Å². The number of esters is 2. The number of carbonyl (C=O) groups excluding carboxylic acids is 2. The second-order valence-corrected chi connectivity index (χ2v) is 5.67. The van der Waals surface area contributed by atoms with Crippen molar-refractivity contribution < 1.29 is 19.1 Å². The van der Waals surface area contributed by atoms with Crippen molar-refractivity contribution in [1.29, 1.82) is 0 Å². The molecule has 0 aliphatic heterocycles. The van der Waals surface area contributed by atoms with Gasteiger partial charge >= 0.3 is 11.9 Å². The van der Waals surface area contributed by atoms with E-state index in [1.807, 2.05) is 0 Å². The van der Waals surface area contributed by atoms with Crippen LogP contribution in [0.25, 0.3) is 0 Å². The molecule has 2 fully saturated rings. The predicted molar refractivity (Wildman–Crippen MR) is 65.9 cm³/mol. The van der Waals surface area contributed by atoms with E-state index in [1.165, 1.54) is 26.7 Å². The quantitative estimate of drug-likeness (QED) is 0.711. The highest BCUT2D eigenvalue weighted by Crippen LogP contribution is 2.50. The fourth-order valence-electron chi connectivity index (χ4n) is 3.58. The first kappa shape index (κ1) is 13.4. The molecule has 0 heterocycles. The Labute approximate surface area is 108 Å². The largest absolute Gasteiger partial charge is 0.462 e. The van der Waals surface area contributed by atoms with Gasteiger partial charge in [-0.15, -0.1) is 0 Å². The maximum atomic E-state index is 11.3. The summed E-state index contributed by atoms with van der Waals surface area (Å²) in [7, 11) is 0. The number of hydrogen-bond donors (Lipinski definition) is 0.